The molecule has 1 nitrogen and oxygen atoms in total. The van der Waals surface area contributed by atoms with Gasteiger partial charge in [-0.05, 0) is 18.8 Å². The summed E-state index contributed by atoms with van der Waals surface area (Å²) in [6.07, 6.45) is 5.06. The molecular formula is C8H12O. The molecule has 1 unspecified atom stereocenters. The number of rotatable bonds is 3. The molecule has 0 aliphatic heterocycles. The van der Waals surface area contributed by atoms with Crippen LogP contribution in [0.4, 0.5) is 0 Å². The van der Waals surface area contributed by atoms with E-state index in [-0.39, 0.29) is 5.41 Å². The van der Waals surface area contributed by atoms with Crippen molar-refractivity contribution < 1.29 is 4.79 Å². The van der Waals surface area contributed by atoms with Gasteiger partial charge in [-0.1, -0.05) is 13.0 Å². The van der Waals surface area contributed by atoms with E-state index in [2.05, 4.69) is 13.5 Å². The van der Waals surface area contributed by atoms with Crippen molar-refractivity contribution in [3.05, 3.63) is 12.7 Å². The monoisotopic (exact) mass is 124 g/mol. The summed E-state index contributed by atoms with van der Waals surface area (Å²) < 4.78 is 0. The van der Waals surface area contributed by atoms with E-state index in [1.807, 2.05) is 6.08 Å². The molecule has 50 valence electrons. The van der Waals surface area contributed by atoms with Crippen LogP contribution in [-0.2, 0) is 4.79 Å². The fourth-order valence-corrected chi connectivity index (χ4v) is 1.06. The third kappa shape index (κ3) is 0.913. The molecule has 0 aromatic carbocycles. The first-order valence-electron chi connectivity index (χ1n) is 3.34. The van der Waals surface area contributed by atoms with Gasteiger partial charge in [0, 0.05) is 5.41 Å². The molecule has 1 atom stereocenters. The van der Waals surface area contributed by atoms with E-state index in [1.165, 1.54) is 0 Å². The van der Waals surface area contributed by atoms with Crippen LogP contribution in [0, 0.1) is 11.3 Å². The van der Waals surface area contributed by atoms with E-state index in [4.69, 9.17) is 0 Å². The second-order valence-corrected chi connectivity index (χ2v) is 2.88. The van der Waals surface area contributed by atoms with Gasteiger partial charge < -0.3 is 4.79 Å². The van der Waals surface area contributed by atoms with Crippen LogP contribution in [-0.4, -0.2) is 6.29 Å². The van der Waals surface area contributed by atoms with E-state index >= 15 is 0 Å². The number of aldehydes is 1. The minimum atomic E-state index is 0.00174. The van der Waals surface area contributed by atoms with E-state index in [9.17, 15) is 4.79 Å². The zero-order valence-corrected chi connectivity index (χ0v) is 5.76. The van der Waals surface area contributed by atoms with Crippen LogP contribution in [0.3, 0.4) is 0 Å². The predicted molar refractivity (Wildman–Crippen MR) is 37.1 cm³/mol. The summed E-state index contributed by atoms with van der Waals surface area (Å²) in [7, 11) is 0. The smallest absolute Gasteiger partial charge is 0.126 e. The SMILES string of the molecule is C=CC(C)C1(C=O)CC1. The fourth-order valence-electron chi connectivity index (χ4n) is 1.06. The van der Waals surface area contributed by atoms with Crippen molar-refractivity contribution in [2.24, 2.45) is 11.3 Å². The quantitative estimate of drug-likeness (QED) is 0.414. The van der Waals surface area contributed by atoms with Gasteiger partial charge in [0.1, 0.15) is 6.29 Å². The predicted octanol–water partition coefficient (Wildman–Crippen LogP) is 1.79. The zero-order chi connectivity index (χ0) is 6.91. The molecule has 0 N–H and O–H groups in total. The molecule has 0 heterocycles. The standard InChI is InChI=1S/C8H12O/c1-3-7(2)8(6-9)4-5-8/h3,6-7H,1,4-5H2,2H3. The Bertz CT molecular complexity index is 134. The summed E-state index contributed by atoms with van der Waals surface area (Å²) in [6, 6.07) is 0. The Balaban J connectivity index is 2.58. The molecule has 1 heteroatoms. The lowest BCUT2D eigenvalue weighted by molar-refractivity contribution is -0.113. The molecule has 1 aliphatic carbocycles. The van der Waals surface area contributed by atoms with Gasteiger partial charge in [0.05, 0.1) is 0 Å². The molecule has 0 radical (unpaired) electrons. The van der Waals surface area contributed by atoms with Gasteiger partial charge >= 0.3 is 0 Å². The topological polar surface area (TPSA) is 17.1 Å². The van der Waals surface area contributed by atoms with Crippen molar-refractivity contribution in [3.63, 3.8) is 0 Å². The number of allylic oxidation sites excluding steroid dienone is 1. The van der Waals surface area contributed by atoms with Crippen LogP contribution >= 0.6 is 0 Å². The highest BCUT2D eigenvalue weighted by Gasteiger charge is 2.45. The van der Waals surface area contributed by atoms with Crippen molar-refractivity contribution in [2.75, 3.05) is 0 Å². The van der Waals surface area contributed by atoms with E-state index in [1.54, 1.807) is 0 Å². The second kappa shape index (κ2) is 1.98. The highest BCUT2D eigenvalue weighted by molar-refractivity contribution is 5.64. The average molecular weight is 124 g/mol. The number of hydrogen-bond donors (Lipinski definition) is 0. The van der Waals surface area contributed by atoms with Crippen LogP contribution in [0.25, 0.3) is 0 Å². The first kappa shape index (κ1) is 6.53. The normalized spacial score (nSPS) is 24.6. The summed E-state index contributed by atoms with van der Waals surface area (Å²) in [4.78, 5) is 10.4. The largest absolute Gasteiger partial charge is 0.303 e. The van der Waals surface area contributed by atoms with Gasteiger partial charge in [-0.2, -0.15) is 0 Å². The molecule has 9 heavy (non-hydrogen) atoms. The Morgan fingerprint density at radius 1 is 1.67 bits per heavy atom. The van der Waals surface area contributed by atoms with Crippen LogP contribution in [0.15, 0.2) is 12.7 Å². The number of carbonyl (C=O) groups excluding carboxylic acids is 1. The molecule has 0 aromatic rings. The second-order valence-electron chi connectivity index (χ2n) is 2.88. The fraction of sp³-hybridized carbons (Fsp3) is 0.625. The van der Waals surface area contributed by atoms with Gasteiger partial charge in [-0.15, -0.1) is 6.58 Å². The summed E-state index contributed by atoms with van der Waals surface area (Å²) in [6.45, 7) is 5.71. The number of hydrogen-bond acceptors (Lipinski definition) is 1. The Kier molecular flexibility index (Phi) is 1.43. The first-order chi connectivity index (χ1) is 4.25. The number of carbonyl (C=O) groups is 1. The van der Waals surface area contributed by atoms with Gasteiger partial charge in [-0.3, -0.25) is 0 Å². The van der Waals surface area contributed by atoms with E-state index in [0.29, 0.717) is 5.92 Å². The molecule has 1 rings (SSSR count). The molecule has 1 aliphatic rings. The Hall–Kier alpha value is -0.590. The van der Waals surface area contributed by atoms with Crippen LogP contribution in [0.5, 0.6) is 0 Å². The Morgan fingerprint density at radius 3 is 2.33 bits per heavy atom. The Labute approximate surface area is 55.8 Å². The summed E-state index contributed by atoms with van der Waals surface area (Å²) in [5, 5.41) is 0. The van der Waals surface area contributed by atoms with Gasteiger partial charge in [-0.25, -0.2) is 0 Å². The van der Waals surface area contributed by atoms with E-state index < -0.39 is 0 Å². The molecular weight excluding hydrogens is 112 g/mol. The van der Waals surface area contributed by atoms with Gasteiger partial charge in [0.15, 0.2) is 0 Å². The maximum absolute atomic E-state index is 10.4. The summed E-state index contributed by atoms with van der Waals surface area (Å²) in [5.74, 6) is 0.370. The van der Waals surface area contributed by atoms with E-state index in [0.717, 1.165) is 19.1 Å². The van der Waals surface area contributed by atoms with Crippen molar-refractivity contribution in [3.8, 4) is 0 Å². The third-order valence-electron chi connectivity index (χ3n) is 2.32. The molecule has 1 fully saturated rings. The molecule has 0 spiro atoms. The molecule has 0 saturated heterocycles. The third-order valence-corrected chi connectivity index (χ3v) is 2.32. The van der Waals surface area contributed by atoms with Crippen molar-refractivity contribution >= 4 is 6.29 Å². The lowest BCUT2D eigenvalue weighted by Gasteiger charge is -2.10. The zero-order valence-electron chi connectivity index (χ0n) is 5.76. The lowest BCUT2D eigenvalue weighted by atomic mass is 9.93. The molecule has 0 bridgehead atoms. The highest BCUT2D eigenvalue weighted by Crippen LogP contribution is 2.50. The van der Waals surface area contributed by atoms with Crippen LogP contribution in [0.1, 0.15) is 19.8 Å². The van der Waals surface area contributed by atoms with Crippen molar-refractivity contribution in [2.45, 2.75) is 19.8 Å². The summed E-state index contributed by atoms with van der Waals surface area (Å²) >= 11 is 0. The van der Waals surface area contributed by atoms with Crippen molar-refractivity contribution in [1.82, 2.24) is 0 Å². The highest BCUT2D eigenvalue weighted by atomic mass is 16.1. The average Bonchev–Trinajstić information content (AvgIpc) is 2.66. The maximum Gasteiger partial charge on any atom is 0.126 e. The minimum Gasteiger partial charge on any atom is -0.303 e. The summed E-state index contributed by atoms with van der Waals surface area (Å²) in [5.41, 5.74) is 0.00174. The first-order valence-corrected chi connectivity index (χ1v) is 3.34. The Morgan fingerprint density at radius 2 is 2.22 bits per heavy atom. The van der Waals surface area contributed by atoms with Crippen molar-refractivity contribution in [1.29, 1.82) is 0 Å². The lowest BCUT2D eigenvalue weighted by Crippen LogP contribution is -2.10. The van der Waals surface area contributed by atoms with Crippen LogP contribution < -0.4 is 0 Å². The molecule has 0 amide bonds. The molecule has 1 saturated carbocycles. The minimum absolute atomic E-state index is 0.00174. The maximum atomic E-state index is 10.4. The van der Waals surface area contributed by atoms with Gasteiger partial charge in [0.2, 0.25) is 0 Å². The van der Waals surface area contributed by atoms with Gasteiger partial charge in [0.25, 0.3) is 0 Å². The van der Waals surface area contributed by atoms with Crippen LogP contribution in [0.2, 0.25) is 0 Å². The molecule has 0 aromatic heterocycles.